The lowest BCUT2D eigenvalue weighted by molar-refractivity contribution is 0.0697. The fourth-order valence-electron chi connectivity index (χ4n) is 6.06. The lowest BCUT2D eigenvalue weighted by Gasteiger charge is -2.26. The average molecular weight is 530 g/mol. The Hall–Kier alpha value is -4.22. The van der Waals surface area contributed by atoms with Crippen LogP contribution in [0.4, 0.5) is 0 Å². The van der Waals surface area contributed by atoms with Crippen LogP contribution >= 0.6 is 0 Å². The van der Waals surface area contributed by atoms with Crippen molar-refractivity contribution in [3.63, 3.8) is 0 Å². The van der Waals surface area contributed by atoms with Crippen LogP contribution in [0.1, 0.15) is 65.2 Å². The van der Waals surface area contributed by atoms with E-state index in [0.29, 0.717) is 6.04 Å². The van der Waals surface area contributed by atoms with Gasteiger partial charge in [0.1, 0.15) is 5.82 Å². The van der Waals surface area contributed by atoms with Crippen LogP contribution in [-0.2, 0) is 19.6 Å². The van der Waals surface area contributed by atoms with E-state index >= 15 is 0 Å². The van der Waals surface area contributed by atoms with E-state index in [4.69, 9.17) is 4.98 Å². The van der Waals surface area contributed by atoms with Crippen LogP contribution in [-0.4, -0.2) is 25.5 Å². The van der Waals surface area contributed by atoms with Crippen LogP contribution in [0.5, 0.6) is 0 Å². The molecule has 0 spiro atoms. The fraction of sp³-hybridized carbons (Fsp3) is 0.257. The molecule has 5 aromatic rings. The van der Waals surface area contributed by atoms with Crippen molar-refractivity contribution in [2.75, 3.05) is 0 Å². The number of carbonyl (C=O) groups is 1. The fourth-order valence-corrected chi connectivity index (χ4v) is 6.06. The van der Waals surface area contributed by atoms with Crippen LogP contribution < -0.4 is 0 Å². The summed E-state index contributed by atoms with van der Waals surface area (Å²) in [6.07, 6.45) is 5.95. The predicted octanol–water partition coefficient (Wildman–Crippen LogP) is 8.11. The maximum Gasteiger partial charge on any atom is 0.335 e. The molecule has 1 aromatic heterocycles. The third-order valence-corrected chi connectivity index (χ3v) is 7.97. The molecule has 0 amide bonds. The number of carboxylic acid groups (broad SMARTS) is 1. The van der Waals surface area contributed by atoms with Gasteiger partial charge in [0.05, 0.1) is 16.6 Å². The molecule has 0 unspecified atom stereocenters. The van der Waals surface area contributed by atoms with E-state index in [1.807, 2.05) is 6.07 Å². The Morgan fingerprint density at radius 3 is 2.02 bits per heavy atom. The highest BCUT2D eigenvalue weighted by Gasteiger charge is 2.23. The SMILES string of the molecule is O=C(O)c1ccc2c(c1)nc(-c1cccc(CN(Cc3ccccc3)Cc3ccccc3)c1)n2C1CCCCC1. The van der Waals surface area contributed by atoms with E-state index in [1.165, 1.54) is 36.0 Å². The molecule has 1 N–H and O–H groups in total. The monoisotopic (exact) mass is 529 g/mol. The molecule has 1 saturated carbocycles. The molecule has 6 rings (SSSR count). The van der Waals surface area contributed by atoms with Gasteiger partial charge >= 0.3 is 5.97 Å². The highest BCUT2D eigenvalue weighted by molar-refractivity contribution is 5.93. The van der Waals surface area contributed by atoms with Crippen LogP contribution in [0, 0.1) is 0 Å². The van der Waals surface area contributed by atoms with E-state index in [2.05, 4.69) is 94.4 Å². The molecule has 1 aliphatic rings. The number of rotatable bonds is 9. The topological polar surface area (TPSA) is 58.4 Å². The molecule has 5 nitrogen and oxygen atoms in total. The molecule has 0 radical (unpaired) electrons. The smallest absolute Gasteiger partial charge is 0.335 e. The molecule has 0 saturated heterocycles. The Kier molecular flexibility index (Phi) is 7.73. The number of nitrogens with zero attached hydrogens (tertiary/aromatic N) is 3. The number of hydrogen-bond donors (Lipinski definition) is 1. The van der Waals surface area contributed by atoms with Crippen LogP contribution in [0.25, 0.3) is 22.4 Å². The average Bonchev–Trinajstić information content (AvgIpc) is 3.38. The van der Waals surface area contributed by atoms with Gasteiger partial charge in [0, 0.05) is 31.2 Å². The van der Waals surface area contributed by atoms with Gasteiger partial charge in [-0.2, -0.15) is 0 Å². The van der Waals surface area contributed by atoms with E-state index in [0.717, 1.165) is 54.9 Å². The number of fused-ring (bicyclic) bond motifs is 1. The molecule has 40 heavy (non-hydrogen) atoms. The summed E-state index contributed by atoms with van der Waals surface area (Å²) < 4.78 is 2.38. The lowest BCUT2D eigenvalue weighted by atomic mass is 9.94. The van der Waals surface area contributed by atoms with Gasteiger partial charge in [0.2, 0.25) is 0 Å². The number of aromatic nitrogens is 2. The predicted molar refractivity (Wildman–Crippen MR) is 160 cm³/mol. The first-order valence-electron chi connectivity index (χ1n) is 14.3. The molecule has 1 heterocycles. The van der Waals surface area contributed by atoms with Crippen LogP contribution in [0.2, 0.25) is 0 Å². The van der Waals surface area contributed by atoms with E-state index < -0.39 is 5.97 Å². The maximum atomic E-state index is 11.7. The summed E-state index contributed by atoms with van der Waals surface area (Å²) in [5.41, 5.74) is 6.95. The summed E-state index contributed by atoms with van der Waals surface area (Å²) in [5, 5.41) is 9.58. The zero-order valence-corrected chi connectivity index (χ0v) is 22.7. The zero-order chi connectivity index (χ0) is 27.3. The minimum atomic E-state index is -0.922. The van der Waals surface area contributed by atoms with Gasteiger partial charge in [-0.3, -0.25) is 4.90 Å². The van der Waals surface area contributed by atoms with Crippen molar-refractivity contribution in [1.82, 2.24) is 14.5 Å². The largest absolute Gasteiger partial charge is 0.478 e. The molecule has 0 aliphatic heterocycles. The van der Waals surface area contributed by atoms with E-state index in [1.54, 1.807) is 12.1 Å². The summed E-state index contributed by atoms with van der Waals surface area (Å²) >= 11 is 0. The first-order chi connectivity index (χ1) is 19.6. The Bertz CT molecular complexity index is 1550. The highest BCUT2D eigenvalue weighted by atomic mass is 16.4. The first kappa shape index (κ1) is 26.0. The normalized spacial score (nSPS) is 14.1. The van der Waals surface area contributed by atoms with Crippen molar-refractivity contribution in [2.24, 2.45) is 0 Å². The van der Waals surface area contributed by atoms with Crippen LogP contribution in [0.15, 0.2) is 103 Å². The second-order valence-corrected chi connectivity index (χ2v) is 10.9. The second-order valence-electron chi connectivity index (χ2n) is 10.9. The van der Waals surface area contributed by atoms with Gasteiger partial charge in [0.15, 0.2) is 0 Å². The Balaban J connectivity index is 1.35. The van der Waals surface area contributed by atoms with Gasteiger partial charge in [-0.1, -0.05) is 98.1 Å². The minimum Gasteiger partial charge on any atom is -0.478 e. The highest BCUT2D eigenvalue weighted by Crippen LogP contribution is 2.36. The molecular formula is C35H35N3O2. The van der Waals surface area contributed by atoms with Gasteiger partial charge in [-0.15, -0.1) is 0 Å². The summed E-state index contributed by atoms with van der Waals surface area (Å²) in [5.74, 6) is 0.0125. The van der Waals surface area contributed by atoms with Crippen molar-refractivity contribution in [2.45, 2.75) is 57.8 Å². The van der Waals surface area contributed by atoms with Crippen molar-refractivity contribution in [1.29, 1.82) is 0 Å². The number of benzene rings is 4. The zero-order valence-electron chi connectivity index (χ0n) is 22.7. The van der Waals surface area contributed by atoms with E-state index in [9.17, 15) is 9.90 Å². The Morgan fingerprint density at radius 1 is 0.750 bits per heavy atom. The maximum absolute atomic E-state index is 11.7. The molecular weight excluding hydrogens is 494 g/mol. The van der Waals surface area contributed by atoms with Crippen molar-refractivity contribution < 1.29 is 9.90 Å². The van der Waals surface area contributed by atoms with Crippen molar-refractivity contribution in [3.05, 3.63) is 125 Å². The van der Waals surface area contributed by atoms with Crippen molar-refractivity contribution >= 4 is 17.0 Å². The molecule has 202 valence electrons. The van der Waals surface area contributed by atoms with Crippen LogP contribution in [0.3, 0.4) is 0 Å². The van der Waals surface area contributed by atoms with Gasteiger partial charge in [-0.05, 0) is 53.8 Å². The Morgan fingerprint density at radius 2 is 1.38 bits per heavy atom. The number of carboxylic acids is 1. The molecule has 0 atom stereocenters. The summed E-state index contributed by atoms with van der Waals surface area (Å²) in [4.78, 5) is 19.2. The summed E-state index contributed by atoms with van der Waals surface area (Å²) in [7, 11) is 0. The quantitative estimate of drug-likeness (QED) is 0.210. The first-order valence-corrected chi connectivity index (χ1v) is 14.3. The summed E-state index contributed by atoms with van der Waals surface area (Å²) in [6.45, 7) is 2.53. The molecule has 0 bridgehead atoms. The Labute approximate surface area is 235 Å². The van der Waals surface area contributed by atoms with Gasteiger partial charge in [0.25, 0.3) is 0 Å². The van der Waals surface area contributed by atoms with Gasteiger partial charge in [-0.25, -0.2) is 9.78 Å². The third kappa shape index (κ3) is 5.85. The summed E-state index contributed by atoms with van der Waals surface area (Å²) in [6, 6.07) is 35.7. The molecule has 4 aromatic carbocycles. The number of aromatic carboxylic acids is 1. The van der Waals surface area contributed by atoms with Gasteiger partial charge < -0.3 is 9.67 Å². The lowest BCUT2D eigenvalue weighted by Crippen LogP contribution is -2.22. The molecule has 5 heteroatoms. The minimum absolute atomic E-state index is 0.276. The molecule has 1 aliphatic carbocycles. The standard InChI is InChI=1S/C35H35N3O2/c39-35(40)30-19-20-33-32(22-30)36-34(38(33)31-17-8-3-9-18-31)29-16-10-15-28(21-29)25-37(23-26-11-4-1-5-12-26)24-27-13-6-2-7-14-27/h1-2,4-7,10-16,19-22,31H,3,8-9,17-18,23-25H2,(H,39,40). The molecule has 1 fully saturated rings. The third-order valence-electron chi connectivity index (χ3n) is 7.97. The number of imidazole rings is 1. The second kappa shape index (κ2) is 11.9. The number of hydrogen-bond acceptors (Lipinski definition) is 3. The van der Waals surface area contributed by atoms with Crippen molar-refractivity contribution in [3.8, 4) is 11.4 Å². The van der Waals surface area contributed by atoms with E-state index in [-0.39, 0.29) is 5.56 Å².